The third kappa shape index (κ3) is 4.68. The molecule has 0 saturated carbocycles. The number of H-pyrrole nitrogens is 1. The first kappa shape index (κ1) is 30.0. The maximum atomic E-state index is 13.8. The number of ketones is 1. The van der Waals surface area contributed by atoms with Crippen LogP contribution in [0.3, 0.4) is 0 Å². The van der Waals surface area contributed by atoms with Gasteiger partial charge in [0.15, 0.2) is 23.0 Å². The summed E-state index contributed by atoms with van der Waals surface area (Å²) in [5.41, 5.74) is 2.61. The molecule has 4 aromatic rings. The lowest BCUT2D eigenvalue weighted by molar-refractivity contribution is -0.141. The first-order chi connectivity index (χ1) is 22.8. The zero-order valence-corrected chi connectivity index (χ0v) is 25.8. The molecule has 7 rings (SSSR count). The summed E-state index contributed by atoms with van der Waals surface area (Å²) in [4.78, 5) is 56.5. The summed E-state index contributed by atoms with van der Waals surface area (Å²) in [6.07, 6.45) is 1.39. The van der Waals surface area contributed by atoms with Crippen molar-refractivity contribution in [2.75, 3.05) is 41.8 Å². The van der Waals surface area contributed by atoms with Gasteiger partial charge in [0.2, 0.25) is 12.5 Å². The van der Waals surface area contributed by atoms with Crippen LogP contribution in [0.15, 0.2) is 48.7 Å². The number of carbonyl (C=O) groups excluding carboxylic acids is 4. The van der Waals surface area contributed by atoms with Gasteiger partial charge in [-0.25, -0.2) is 4.79 Å². The molecule has 3 aromatic carbocycles. The summed E-state index contributed by atoms with van der Waals surface area (Å²) in [5, 5.41) is 3.16. The van der Waals surface area contributed by atoms with Gasteiger partial charge in [-0.3, -0.25) is 14.4 Å². The maximum Gasteiger partial charge on any atom is 0.338 e. The quantitative estimate of drug-likeness (QED) is 0.164. The van der Waals surface area contributed by atoms with Crippen LogP contribution in [0.5, 0.6) is 28.7 Å². The molecule has 0 spiro atoms. The molecule has 1 saturated heterocycles. The standard InChI is InChI=1S/C34H30N2O11/c1-41-24-8-15(9-25(42-2)31(24)43-3)26-17-10-22-23(47-14-46-22)11-18(17)29(20-13-45-34(40)28(20)26)36-32(38)30(37)19-12-35-21-7-5-6-16(27(19)21)33(39)44-4/h5-12,20,26,28-29,35H,13-14H2,1-4H3,(H,36,38)/t20-,26+,28-,29+/m0/s1. The van der Waals surface area contributed by atoms with Gasteiger partial charge in [-0.15, -0.1) is 0 Å². The summed E-state index contributed by atoms with van der Waals surface area (Å²) in [5.74, 6) is -2.68. The smallest absolute Gasteiger partial charge is 0.338 e. The number of hydrogen-bond acceptors (Lipinski definition) is 11. The molecule has 1 aliphatic carbocycles. The van der Waals surface area contributed by atoms with E-state index in [0.29, 0.717) is 51.0 Å². The van der Waals surface area contributed by atoms with E-state index in [9.17, 15) is 19.2 Å². The molecule has 0 bridgehead atoms. The Kier molecular flexibility index (Phi) is 7.38. The number of aromatic nitrogens is 1. The highest BCUT2D eigenvalue weighted by molar-refractivity contribution is 6.45. The number of benzene rings is 3. The molecule has 1 fully saturated rings. The van der Waals surface area contributed by atoms with Crippen molar-refractivity contribution in [3.05, 3.63) is 76.5 Å². The number of nitrogens with one attached hydrogen (secondary N) is 2. The number of rotatable bonds is 8. The monoisotopic (exact) mass is 642 g/mol. The lowest BCUT2D eigenvalue weighted by Crippen LogP contribution is -2.44. The van der Waals surface area contributed by atoms with Crippen molar-refractivity contribution in [3.63, 3.8) is 0 Å². The van der Waals surface area contributed by atoms with Crippen LogP contribution in [-0.4, -0.2) is 70.5 Å². The molecular formula is C34H30N2O11. The SMILES string of the molecule is COC(=O)c1cccc2[nH]cc(C(=O)C(=O)N[C@@H]3c4cc5c(cc4[C@@H](c4cc(OC)c(OC)c(OC)c4)[C@H]4C(=O)OC[C@@H]43)OCO5)c12. The number of cyclic esters (lactones) is 1. The molecule has 4 atom stereocenters. The second-order valence-corrected chi connectivity index (χ2v) is 11.3. The predicted molar refractivity (Wildman–Crippen MR) is 163 cm³/mol. The van der Waals surface area contributed by atoms with Crippen LogP contribution in [-0.2, 0) is 19.1 Å². The summed E-state index contributed by atoms with van der Waals surface area (Å²) < 4.78 is 38.7. The Morgan fingerprint density at radius 1 is 0.872 bits per heavy atom. The number of fused-ring (bicyclic) bond motifs is 4. The second kappa shape index (κ2) is 11.6. The molecule has 1 aromatic heterocycles. The molecule has 13 heteroatoms. The molecule has 0 radical (unpaired) electrons. The van der Waals surface area contributed by atoms with Gasteiger partial charge < -0.3 is 43.5 Å². The number of aromatic amines is 1. The van der Waals surface area contributed by atoms with Crippen LogP contribution < -0.4 is 29.0 Å². The normalized spacial score (nSPS) is 20.6. The first-order valence-electron chi connectivity index (χ1n) is 14.7. The highest BCUT2D eigenvalue weighted by Gasteiger charge is 2.53. The lowest BCUT2D eigenvalue weighted by Gasteiger charge is -2.39. The van der Waals surface area contributed by atoms with E-state index in [1.807, 2.05) is 0 Å². The van der Waals surface area contributed by atoms with Crippen molar-refractivity contribution in [2.24, 2.45) is 11.8 Å². The molecule has 13 nitrogen and oxygen atoms in total. The average Bonchev–Trinajstić information content (AvgIpc) is 3.84. The fourth-order valence-electron chi connectivity index (χ4n) is 7.00. The summed E-state index contributed by atoms with van der Waals surface area (Å²) in [7, 11) is 5.75. The van der Waals surface area contributed by atoms with E-state index in [4.69, 9.17) is 33.2 Å². The maximum absolute atomic E-state index is 13.8. The van der Waals surface area contributed by atoms with Crippen molar-refractivity contribution in [1.29, 1.82) is 0 Å². The minimum atomic E-state index is -0.927. The number of hydrogen-bond donors (Lipinski definition) is 2. The number of amides is 1. The minimum absolute atomic E-state index is 0.000572. The van der Waals surface area contributed by atoms with Crippen molar-refractivity contribution in [1.82, 2.24) is 10.3 Å². The number of ether oxygens (including phenoxy) is 7. The zero-order chi connectivity index (χ0) is 33.0. The Morgan fingerprint density at radius 3 is 2.23 bits per heavy atom. The summed E-state index contributed by atoms with van der Waals surface area (Å²) in [6, 6.07) is 11.1. The van der Waals surface area contributed by atoms with Gasteiger partial charge in [0.1, 0.15) is 0 Å². The fraction of sp³-hybridized carbons (Fsp3) is 0.294. The highest BCUT2D eigenvalue weighted by Crippen LogP contribution is 2.55. The van der Waals surface area contributed by atoms with Crippen LogP contribution in [0.4, 0.5) is 0 Å². The molecule has 3 heterocycles. The Balaban J connectivity index is 1.33. The van der Waals surface area contributed by atoms with Gasteiger partial charge in [-0.2, -0.15) is 0 Å². The number of methoxy groups -OCH3 is 4. The van der Waals surface area contributed by atoms with Crippen molar-refractivity contribution < 1.29 is 52.3 Å². The van der Waals surface area contributed by atoms with E-state index >= 15 is 0 Å². The third-order valence-corrected chi connectivity index (χ3v) is 9.08. The van der Waals surface area contributed by atoms with Gasteiger partial charge in [0, 0.05) is 28.9 Å². The summed E-state index contributed by atoms with van der Waals surface area (Å²) >= 11 is 0. The van der Waals surface area contributed by atoms with Crippen molar-refractivity contribution in [3.8, 4) is 28.7 Å². The van der Waals surface area contributed by atoms with Crippen LogP contribution in [0.2, 0.25) is 0 Å². The Labute approximate surface area is 268 Å². The van der Waals surface area contributed by atoms with Crippen LogP contribution in [0.1, 0.15) is 49.4 Å². The molecule has 242 valence electrons. The molecule has 2 aliphatic heterocycles. The molecule has 0 unspecified atom stereocenters. The van der Waals surface area contributed by atoms with Gasteiger partial charge in [-0.1, -0.05) is 6.07 Å². The Bertz CT molecular complexity index is 1940. The molecule has 1 amide bonds. The second-order valence-electron chi connectivity index (χ2n) is 11.3. The van der Waals surface area contributed by atoms with Gasteiger partial charge in [0.25, 0.3) is 11.7 Å². The Hall–Kier alpha value is -5.72. The van der Waals surface area contributed by atoms with E-state index in [0.717, 1.165) is 0 Å². The molecule has 3 aliphatic rings. The number of esters is 2. The zero-order valence-electron chi connectivity index (χ0n) is 25.8. The topological polar surface area (TPSA) is 161 Å². The number of carbonyl (C=O) groups is 4. The van der Waals surface area contributed by atoms with E-state index in [-0.39, 0.29) is 29.9 Å². The first-order valence-corrected chi connectivity index (χ1v) is 14.7. The van der Waals surface area contributed by atoms with Crippen molar-refractivity contribution in [2.45, 2.75) is 12.0 Å². The molecule has 47 heavy (non-hydrogen) atoms. The minimum Gasteiger partial charge on any atom is -0.493 e. The van der Waals surface area contributed by atoms with Crippen LogP contribution in [0, 0.1) is 11.8 Å². The van der Waals surface area contributed by atoms with E-state index in [2.05, 4.69) is 10.3 Å². The summed E-state index contributed by atoms with van der Waals surface area (Å²) in [6.45, 7) is -0.00239. The molecular weight excluding hydrogens is 612 g/mol. The van der Waals surface area contributed by atoms with Gasteiger partial charge >= 0.3 is 11.9 Å². The highest BCUT2D eigenvalue weighted by atomic mass is 16.7. The van der Waals surface area contributed by atoms with E-state index in [1.165, 1.54) is 40.7 Å². The van der Waals surface area contributed by atoms with E-state index in [1.54, 1.807) is 36.4 Å². The van der Waals surface area contributed by atoms with E-state index < -0.39 is 47.4 Å². The fourth-order valence-corrected chi connectivity index (χ4v) is 7.00. The number of Topliss-reactive ketones (excluding diaryl/α,β-unsaturated/α-hetero) is 1. The Morgan fingerprint density at radius 2 is 1.57 bits per heavy atom. The molecule has 2 N–H and O–H groups in total. The largest absolute Gasteiger partial charge is 0.493 e. The lowest BCUT2D eigenvalue weighted by atomic mass is 9.65. The third-order valence-electron chi connectivity index (χ3n) is 9.08. The predicted octanol–water partition coefficient (Wildman–Crippen LogP) is 3.68. The van der Waals surface area contributed by atoms with Crippen LogP contribution >= 0.6 is 0 Å². The average molecular weight is 643 g/mol. The van der Waals surface area contributed by atoms with Gasteiger partial charge in [0.05, 0.1) is 58.1 Å². The van der Waals surface area contributed by atoms with Gasteiger partial charge in [-0.05, 0) is 53.1 Å². The van der Waals surface area contributed by atoms with Crippen molar-refractivity contribution >= 4 is 34.5 Å². The van der Waals surface area contributed by atoms with Crippen LogP contribution in [0.25, 0.3) is 10.9 Å².